The lowest BCUT2D eigenvalue weighted by atomic mass is 10.1. The van der Waals surface area contributed by atoms with E-state index in [1.807, 2.05) is 36.1 Å². The van der Waals surface area contributed by atoms with Crippen LogP contribution in [-0.2, 0) is 6.54 Å². The fourth-order valence-electron chi connectivity index (χ4n) is 3.20. The molecule has 1 aromatic carbocycles. The highest BCUT2D eigenvalue weighted by Crippen LogP contribution is 2.26. The molecular weight excluding hydrogens is 362 g/mol. The van der Waals surface area contributed by atoms with Crippen molar-refractivity contribution in [1.29, 1.82) is 0 Å². The Labute approximate surface area is 161 Å². The molecule has 0 atom stereocenters. The highest BCUT2D eigenvalue weighted by atomic mass is 32.1. The first kappa shape index (κ1) is 17.4. The van der Waals surface area contributed by atoms with E-state index in [9.17, 15) is 4.79 Å². The van der Waals surface area contributed by atoms with Crippen LogP contribution in [-0.4, -0.2) is 46.9 Å². The van der Waals surface area contributed by atoms with Crippen molar-refractivity contribution in [3.8, 4) is 10.6 Å². The molecule has 0 radical (unpaired) electrons. The zero-order valence-corrected chi connectivity index (χ0v) is 16.4. The standard InChI is InChI=1S/C20H21N3OS2/c1-15-5-2-3-6-16(15)20(24)23-10-8-22(9-11-23)13-19-21-17(14-26-19)18-7-4-12-25-18/h2-7,12,14H,8-11,13H2,1H3. The van der Waals surface area contributed by atoms with Crippen molar-refractivity contribution in [2.75, 3.05) is 26.2 Å². The zero-order valence-electron chi connectivity index (χ0n) is 14.7. The summed E-state index contributed by atoms with van der Waals surface area (Å²) in [6.45, 7) is 6.20. The monoisotopic (exact) mass is 383 g/mol. The maximum atomic E-state index is 12.7. The highest BCUT2D eigenvalue weighted by Gasteiger charge is 2.23. The Bertz CT molecular complexity index is 880. The van der Waals surface area contributed by atoms with Gasteiger partial charge in [0.05, 0.1) is 17.1 Å². The maximum Gasteiger partial charge on any atom is 0.254 e. The number of amides is 1. The van der Waals surface area contributed by atoms with E-state index < -0.39 is 0 Å². The van der Waals surface area contributed by atoms with Crippen LogP contribution >= 0.6 is 22.7 Å². The molecule has 0 unspecified atom stereocenters. The van der Waals surface area contributed by atoms with E-state index in [1.54, 1.807) is 22.7 Å². The summed E-state index contributed by atoms with van der Waals surface area (Å²) in [7, 11) is 0. The molecule has 1 amide bonds. The van der Waals surface area contributed by atoms with Gasteiger partial charge in [0.1, 0.15) is 5.01 Å². The molecule has 1 fully saturated rings. The summed E-state index contributed by atoms with van der Waals surface area (Å²) < 4.78 is 0. The van der Waals surface area contributed by atoms with Crippen LogP contribution in [0.3, 0.4) is 0 Å². The first-order valence-corrected chi connectivity index (χ1v) is 10.5. The SMILES string of the molecule is Cc1ccccc1C(=O)N1CCN(Cc2nc(-c3cccs3)cs2)CC1. The van der Waals surface area contributed by atoms with Gasteiger partial charge in [0, 0.05) is 37.1 Å². The predicted octanol–water partition coefficient (Wildman–Crippen LogP) is 4.14. The summed E-state index contributed by atoms with van der Waals surface area (Å²) in [4.78, 5) is 23.1. The van der Waals surface area contributed by atoms with Gasteiger partial charge in [-0.15, -0.1) is 22.7 Å². The number of piperazine rings is 1. The van der Waals surface area contributed by atoms with Gasteiger partial charge in [-0.1, -0.05) is 24.3 Å². The van der Waals surface area contributed by atoms with Gasteiger partial charge in [0.15, 0.2) is 0 Å². The van der Waals surface area contributed by atoms with E-state index >= 15 is 0 Å². The number of rotatable bonds is 4. The van der Waals surface area contributed by atoms with E-state index in [2.05, 4.69) is 27.8 Å². The minimum absolute atomic E-state index is 0.150. The molecule has 1 aliphatic rings. The summed E-state index contributed by atoms with van der Waals surface area (Å²) in [5, 5.41) is 5.37. The maximum absolute atomic E-state index is 12.7. The number of benzene rings is 1. The Morgan fingerprint density at radius 1 is 1.08 bits per heavy atom. The van der Waals surface area contributed by atoms with Crippen LogP contribution in [0.4, 0.5) is 0 Å². The highest BCUT2D eigenvalue weighted by molar-refractivity contribution is 7.14. The van der Waals surface area contributed by atoms with E-state index in [4.69, 9.17) is 4.98 Å². The Morgan fingerprint density at radius 3 is 2.62 bits per heavy atom. The average molecular weight is 384 g/mol. The Balaban J connectivity index is 1.34. The van der Waals surface area contributed by atoms with Crippen LogP contribution in [0.15, 0.2) is 47.2 Å². The van der Waals surface area contributed by atoms with Gasteiger partial charge >= 0.3 is 0 Å². The van der Waals surface area contributed by atoms with Crippen molar-refractivity contribution in [1.82, 2.24) is 14.8 Å². The predicted molar refractivity (Wildman–Crippen MR) is 108 cm³/mol. The number of nitrogens with zero attached hydrogens (tertiary/aromatic N) is 3. The fraction of sp³-hybridized carbons (Fsp3) is 0.300. The van der Waals surface area contributed by atoms with Gasteiger partial charge in [-0.05, 0) is 30.0 Å². The van der Waals surface area contributed by atoms with E-state index in [0.717, 1.165) is 54.6 Å². The molecule has 3 heterocycles. The van der Waals surface area contributed by atoms with Crippen molar-refractivity contribution in [2.45, 2.75) is 13.5 Å². The molecule has 1 saturated heterocycles. The molecule has 0 spiro atoms. The molecule has 134 valence electrons. The lowest BCUT2D eigenvalue weighted by Crippen LogP contribution is -2.48. The number of aryl methyl sites for hydroxylation is 1. The molecule has 0 N–H and O–H groups in total. The van der Waals surface area contributed by atoms with Crippen LogP contribution in [0.2, 0.25) is 0 Å². The molecule has 1 aliphatic heterocycles. The Morgan fingerprint density at radius 2 is 1.88 bits per heavy atom. The van der Waals surface area contributed by atoms with Gasteiger partial charge in [0.2, 0.25) is 0 Å². The summed E-state index contributed by atoms with van der Waals surface area (Å²) in [5.74, 6) is 0.150. The van der Waals surface area contributed by atoms with Crippen LogP contribution < -0.4 is 0 Å². The molecule has 2 aromatic heterocycles. The van der Waals surface area contributed by atoms with Crippen LogP contribution in [0, 0.1) is 6.92 Å². The second-order valence-corrected chi connectivity index (χ2v) is 8.38. The van der Waals surface area contributed by atoms with Gasteiger partial charge < -0.3 is 4.90 Å². The van der Waals surface area contributed by atoms with Gasteiger partial charge in [0.25, 0.3) is 5.91 Å². The van der Waals surface area contributed by atoms with E-state index in [-0.39, 0.29) is 5.91 Å². The Hall–Kier alpha value is -2.02. The summed E-state index contributed by atoms with van der Waals surface area (Å²) in [6.07, 6.45) is 0. The molecule has 4 rings (SSSR count). The third kappa shape index (κ3) is 3.72. The zero-order chi connectivity index (χ0) is 17.9. The normalized spacial score (nSPS) is 15.3. The topological polar surface area (TPSA) is 36.4 Å². The third-order valence-electron chi connectivity index (χ3n) is 4.72. The molecular formula is C20H21N3OS2. The number of hydrogen-bond acceptors (Lipinski definition) is 5. The van der Waals surface area contributed by atoms with Crippen molar-refractivity contribution in [2.24, 2.45) is 0 Å². The van der Waals surface area contributed by atoms with Crippen molar-refractivity contribution in [3.63, 3.8) is 0 Å². The third-order valence-corrected chi connectivity index (χ3v) is 6.45. The number of carbonyl (C=O) groups is 1. The fourth-order valence-corrected chi connectivity index (χ4v) is 4.80. The Kier molecular flexibility index (Phi) is 5.15. The number of aromatic nitrogens is 1. The van der Waals surface area contributed by atoms with Crippen LogP contribution in [0.5, 0.6) is 0 Å². The van der Waals surface area contributed by atoms with Gasteiger partial charge in [-0.25, -0.2) is 4.98 Å². The van der Waals surface area contributed by atoms with Gasteiger partial charge in [-0.2, -0.15) is 0 Å². The first-order chi connectivity index (χ1) is 12.7. The number of thiazole rings is 1. The summed E-state index contributed by atoms with van der Waals surface area (Å²) >= 11 is 3.45. The van der Waals surface area contributed by atoms with Crippen LogP contribution in [0.1, 0.15) is 20.9 Å². The minimum atomic E-state index is 0.150. The van der Waals surface area contributed by atoms with E-state index in [1.165, 1.54) is 4.88 Å². The minimum Gasteiger partial charge on any atom is -0.336 e. The van der Waals surface area contributed by atoms with Crippen molar-refractivity contribution < 1.29 is 4.79 Å². The number of thiophene rings is 1. The lowest BCUT2D eigenvalue weighted by molar-refractivity contribution is 0.0627. The second-order valence-electron chi connectivity index (χ2n) is 6.49. The largest absolute Gasteiger partial charge is 0.336 e. The first-order valence-electron chi connectivity index (χ1n) is 8.76. The number of hydrogen-bond donors (Lipinski definition) is 0. The summed E-state index contributed by atoms with van der Waals surface area (Å²) in [6, 6.07) is 12.0. The number of carbonyl (C=O) groups excluding carboxylic acids is 1. The molecule has 0 aliphatic carbocycles. The van der Waals surface area contributed by atoms with Crippen molar-refractivity contribution >= 4 is 28.6 Å². The quantitative estimate of drug-likeness (QED) is 0.679. The molecule has 6 heteroatoms. The second kappa shape index (κ2) is 7.70. The average Bonchev–Trinajstić information content (AvgIpc) is 3.34. The summed E-state index contributed by atoms with van der Waals surface area (Å²) in [5.41, 5.74) is 2.94. The smallest absolute Gasteiger partial charge is 0.254 e. The van der Waals surface area contributed by atoms with Crippen LogP contribution in [0.25, 0.3) is 10.6 Å². The van der Waals surface area contributed by atoms with E-state index in [0.29, 0.717) is 0 Å². The molecule has 3 aromatic rings. The molecule has 0 bridgehead atoms. The lowest BCUT2D eigenvalue weighted by Gasteiger charge is -2.34. The van der Waals surface area contributed by atoms with Crippen molar-refractivity contribution in [3.05, 3.63) is 63.3 Å². The molecule has 0 saturated carbocycles. The molecule has 26 heavy (non-hydrogen) atoms. The van der Waals surface area contributed by atoms with Gasteiger partial charge in [-0.3, -0.25) is 9.69 Å². The molecule has 4 nitrogen and oxygen atoms in total.